The lowest BCUT2D eigenvalue weighted by Crippen LogP contribution is -2.39. The van der Waals surface area contributed by atoms with Crippen LogP contribution in [-0.2, 0) is 14.3 Å². The Bertz CT molecular complexity index is 237. The van der Waals surface area contributed by atoms with Crippen LogP contribution in [0.25, 0.3) is 0 Å². The number of aliphatic hydroxyl groups excluding tert-OH is 1. The molecular weight excluding hydrogens is 202 g/mol. The summed E-state index contributed by atoms with van der Waals surface area (Å²) in [5, 5.41) is 19.8. The molecule has 0 aromatic carbocycles. The van der Waals surface area contributed by atoms with Crippen molar-refractivity contribution in [1.82, 2.24) is 5.32 Å². The molecule has 0 unspecified atom stereocenters. The van der Waals surface area contributed by atoms with E-state index >= 15 is 0 Å². The van der Waals surface area contributed by atoms with Crippen molar-refractivity contribution >= 4 is 11.9 Å². The molecule has 1 aliphatic rings. The number of carboxylic acid groups (broad SMARTS) is 1. The van der Waals surface area contributed by atoms with Crippen LogP contribution in [0.3, 0.4) is 0 Å². The molecule has 0 aromatic heterocycles. The number of carbonyl (C=O) groups excluding carboxylic acids is 1. The predicted octanol–water partition coefficient (Wildman–Crippen LogP) is -1.03. The van der Waals surface area contributed by atoms with E-state index in [1.165, 1.54) is 0 Å². The van der Waals surface area contributed by atoms with E-state index in [4.69, 9.17) is 10.2 Å². The van der Waals surface area contributed by atoms with Crippen LogP contribution in [0.4, 0.5) is 0 Å². The maximum Gasteiger partial charge on any atom is 0.329 e. The van der Waals surface area contributed by atoms with Crippen LogP contribution < -0.4 is 5.32 Å². The van der Waals surface area contributed by atoms with Crippen molar-refractivity contribution in [2.75, 3.05) is 19.8 Å². The third-order valence-electron chi connectivity index (χ3n) is 2.26. The summed E-state index contributed by atoms with van der Waals surface area (Å²) >= 11 is 0. The molecular formula is C9H15NO5. The minimum absolute atomic E-state index is 0.227. The molecule has 0 heterocycles. The van der Waals surface area contributed by atoms with Gasteiger partial charge in [0.15, 0.2) is 0 Å². The summed E-state index contributed by atoms with van der Waals surface area (Å²) in [6.07, 6.45) is 1.21. The van der Waals surface area contributed by atoms with E-state index in [0.29, 0.717) is 12.5 Å². The number of aliphatic hydroxyl groups is 1. The van der Waals surface area contributed by atoms with Crippen LogP contribution in [0.15, 0.2) is 0 Å². The van der Waals surface area contributed by atoms with E-state index in [1.54, 1.807) is 0 Å². The quantitative estimate of drug-likeness (QED) is 0.529. The zero-order valence-corrected chi connectivity index (χ0v) is 8.31. The average Bonchev–Trinajstić information content (AvgIpc) is 2.10. The number of hydrogen-bond donors (Lipinski definition) is 3. The highest BCUT2D eigenvalue weighted by molar-refractivity contribution is 5.77. The highest BCUT2D eigenvalue weighted by atomic mass is 16.5. The number of carbonyl (C=O) groups is 2. The van der Waals surface area contributed by atoms with Crippen molar-refractivity contribution < 1.29 is 24.5 Å². The van der Waals surface area contributed by atoms with Gasteiger partial charge in [-0.2, -0.15) is 0 Å². The van der Waals surface area contributed by atoms with E-state index in [-0.39, 0.29) is 18.6 Å². The van der Waals surface area contributed by atoms with Gasteiger partial charge in [0, 0.05) is 6.54 Å². The number of ether oxygens (including phenoxy) is 1. The molecule has 0 bridgehead atoms. The van der Waals surface area contributed by atoms with Crippen molar-refractivity contribution in [2.45, 2.75) is 18.9 Å². The summed E-state index contributed by atoms with van der Waals surface area (Å²) in [6.45, 7) is -0.177. The molecule has 86 valence electrons. The van der Waals surface area contributed by atoms with Crippen LogP contribution in [0.1, 0.15) is 12.8 Å². The molecule has 6 heteroatoms. The molecule has 0 saturated heterocycles. The first kappa shape index (κ1) is 11.9. The maximum absolute atomic E-state index is 11.1. The summed E-state index contributed by atoms with van der Waals surface area (Å²) in [5.74, 6) is -1.08. The second-order valence-electron chi connectivity index (χ2n) is 3.68. The molecule has 6 nitrogen and oxygen atoms in total. The first-order valence-corrected chi connectivity index (χ1v) is 4.82. The number of carboxylic acids is 1. The molecule has 1 fully saturated rings. The Balaban J connectivity index is 1.96. The Morgan fingerprint density at radius 3 is 2.53 bits per heavy atom. The van der Waals surface area contributed by atoms with Crippen LogP contribution in [0.2, 0.25) is 0 Å². The number of aliphatic carboxylic acids is 1. The molecule has 0 atom stereocenters. The van der Waals surface area contributed by atoms with Gasteiger partial charge in [0.2, 0.25) is 5.91 Å². The number of rotatable bonds is 6. The molecule has 0 aliphatic heterocycles. The molecule has 0 aromatic rings. The van der Waals surface area contributed by atoms with Crippen LogP contribution >= 0.6 is 0 Å². The summed E-state index contributed by atoms with van der Waals surface area (Å²) in [5.41, 5.74) is 0. The van der Waals surface area contributed by atoms with E-state index in [0.717, 1.165) is 12.8 Å². The van der Waals surface area contributed by atoms with E-state index in [1.807, 2.05) is 0 Å². The third kappa shape index (κ3) is 4.75. The topological polar surface area (TPSA) is 95.9 Å². The third-order valence-corrected chi connectivity index (χ3v) is 2.26. The largest absolute Gasteiger partial charge is 0.480 e. The highest BCUT2D eigenvalue weighted by Crippen LogP contribution is 2.25. The lowest BCUT2D eigenvalue weighted by Gasteiger charge is -2.31. The van der Waals surface area contributed by atoms with Gasteiger partial charge in [-0.05, 0) is 18.8 Å². The Hall–Kier alpha value is -1.14. The van der Waals surface area contributed by atoms with Crippen molar-refractivity contribution in [3.63, 3.8) is 0 Å². The van der Waals surface area contributed by atoms with Gasteiger partial charge in [0.25, 0.3) is 0 Å². The number of hydrogen-bond acceptors (Lipinski definition) is 4. The Labute approximate surface area is 87.2 Å². The van der Waals surface area contributed by atoms with E-state index < -0.39 is 12.6 Å². The number of nitrogens with one attached hydrogen (secondary N) is 1. The SMILES string of the molecule is O=C(O)COCC(=O)NCC1CC(O)C1. The highest BCUT2D eigenvalue weighted by Gasteiger charge is 2.26. The van der Waals surface area contributed by atoms with Crippen LogP contribution in [-0.4, -0.2) is 48.0 Å². The van der Waals surface area contributed by atoms with Crippen LogP contribution in [0.5, 0.6) is 0 Å². The normalized spacial score (nSPS) is 24.3. The van der Waals surface area contributed by atoms with Gasteiger partial charge in [0.1, 0.15) is 13.2 Å². The molecule has 15 heavy (non-hydrogen) atoms. The standard InChI is InChI=1S/C9H15NO5/c11-7-1-6(2-7)3-10-8(12)4-15-5-9(13)14/h6-7,11H,1-5H2,(H,10,12)(H,13,14). The number of amides is 1. The Kier molecular flexibility index (Phi) is 4.51. The molecule has 0 radical (unpaired) electrons. The molecule has 3 N–H and O–H groups in total. The Morgan fingerprint density at radius 1 is 1.33 bits per heavy atom. The molecule has 1 amide bonds. The predicted molar refractivity (Wildman–Crippen MR) is 50.2 cm³/mol. The fraction of sp³-hybridized carbons (Fsp3) is 0.778. The first-order valence-electron chi connectivity index (χ1n) is 4.82. The molecule has 1 saturated carbocycles. The van der Waals surface area contributed by atoms with Crippen LogP contribution in [0, 0.1) is 5.92 Å². The monoisotopic (exact) mass is 217 g/mol. The molecule has 1 aliphatic carbocycles. The minimum atomic E-state index is -1.09. The van der Waals surface area contributed by atoms with Gasteiger partial charge >= 0.3 is 5.97 Å². The van der Waals surface area contributed by atoms with Gasteiger partial charge in [-0.25, -0.2) is 4.79 Å². The second-order valence-corrected chi connectivity index (χ2v) is 3.68. The van der Waals surface area contributed by atoms with Crippen molar-refractivity contribution in [3.8, 4) is 0 Å². The fourth-order valence-electron chi connectivity index (χ4n) is 1.41. The van der Waals surface area contributed by atoms with Crippen molar-refractivity contribution in [3.05, 3.63) is 0 Å². The second kappa shape index (κ2) is 5.67. The van der Waals surface area contributed by atoms with Crippen molar-refractivity contribution in [1.29, 1.82) is 0 Å². The van der Waals surface area contributed by atoms with E-state index in [2.05, 4.69) is 10.1 Å². The lowest BCUT2D eigenvalue weighted by molar-refractivity contribution is -0.143. The molecule has 1 rings (SSSR count). The van der Waals surface area contributed by atoms with Gasteiger partial charge in [-0.1, -0.05) is 0 Å². The minimum Gasteiger partial charge on any atom is -0.480 e. The van der Waals surface area contributed by atoms with Gasteiger partial charge in [0.05, 0.1) is 6.10 Å². The summed E-state index contributed by atoms with van der Waals surface area (Å²) in [4.78, 5) is 21.1. The van der Waals surface area contributed by atoms with Gasteiger partial charge in [-0.3, -0.25) is 4.79 Å². The zero-order chi connectivity index (χ0) is 11.3. The maximum atomic E-state index is 11.1. The van der Waals surface area contributed by atoms with Crippen molar-refractivity contribution in [2.24, 2.45) is 5.92 Å². The molecule has 0 spiro atoms. The van der Waals surface area contributed by atoms with Gasteiger partial charge in [-0.15, -0.1) is 0 Å². The van der Waals surface area contributed by atoms with Gasteiger partial charge < -0.3 is 20.3 Å². The summed E-state index contributed by atoms with van der Waals surface area (Å²) in [7, 11) is 0. The van der Waals surface area contributed by atoms with E-state index in [9.17, 15) is 9.59 Å². The smallest absolute Gasteiger partial charge is 0.329 e. The summed E-state index contributed by atoms with van der Waals surface area (Å²) in [6, 6.07) is 0. The average molecular weight is 217 g/mol. The Morgan fingerprint density at radius 2 is 2.00 bits per heavy atom. The summed E-state index contributed by atoms with van der Waals surface area (Å²) < 4.78 is 4.60. The lowest BCUT2D eigenvalue weighted by atomic mass is 9.82. The zero-order valence-electron chi connectivity index (χ0n) is 8.31. The first-order chi connectivity index (χ1) is 7.08. The fourth-order valence-corrected chi connectivity index (χ4v) is 1.41.